The largest absolute Gasteiger partial charge is 0.394 e. The molecule has 1 saturated heterocycles. The molecule has 13 heavy (non-hydrogen) atoms. The van der Waals surface area contributed by atoms with Crippen LogP contribution in [0.4, 0.5) is 0 Å². The molecule has 0 aromatic rings. The van der Waals surface area contributed by atoms with Gasteiger partial charge in [-0.05, 0) is 38.1 Å². The SMILES string of the molecule is OCC1(C2CCCC2)CCCCN1. The van der Waals surface area contributed by atoms with Crippen LogP contribution in [0, 0.1) is 5.92 Å². The van der Waals surface area contributed by atoms with E-state index in [1.165, 1.54) is 44.9 Å². The number of rotatable bonds is 2. The maximum atomic E-state index is 9.54. The van der Waals surface area contributed by atoms with Crippen LogP contribution in [-0.4, -0.2) is 23.8 Å². The first kappa shape index (κ1) is 9.47. The lowest BCUT2D eigenvalue weighted by atomic mass is 9.77. The Balaban J connectivity index is 2.03. The van der Waals surface area contributed by atoms with E-state index >= 15 is 0 Å². The fourth-order valence-corrected chi connectivity index (χ4v) is 3.08. The molecule has 1 aliphatic carbocycles. The van der Waals surface area contributed by atoms with Crippen LogP contribution in [0.5, 0.6) is 0 Å². The lowest BCUT2D eigenvalue weighted by molar-refractivity contribution is 0.0789. The lowest BCUT2D eigenvalue weighted by Gasteiger charge is -2.42. The summed E-state index contributed by atoms with van der Waals surface area (Å²) >= 11 is 0. The maximum Gasteiger partial charge on any atom is 0.0616 e. The molecule has 1 unspecified atom stereocenters. The fourth-order valence-electron chi connectivity index (χ4n) is 3.08. The van der Waals surface area contributed by atoms with E-state index in [0.29, 0.717) is 6.61 Å². The van der Waals surface area contributed by atoms with Gasteiger partial charge in [-0.3, -0.25) is 0 Å². The monoisotopic (exact) mass is 183 g/mol. The van der Waals surface area contributed by atoms with Crippen LogP contribution >= 0.6 is 0 Å². The van der Waals surface area contributed by atoms with Gasteiger partial charge in [0.05, 0.1) is 6.61 Å². The number of nitrogens with one attached hydrogen (secondary N) is 1. The Morgan fingerprint density at radius 1 is 1.15 bits per heavy atom. The lowest BCUT2D eigenvalue weighted by Crippen LogP contribution is -2.56. The zero-order valence-corrected chi connectivity index (χ0v) is 8.39. The minimum Gasteiger partial charge on any atom is -0.394 e. The molecule has 2 rings (SSSR count). The second-order valence-corrected chi connectivity index (χ2v) is 4.68. The van der Waals surface area contributed by atoms with Gasteiger partial charge in [0.15, 0.2) is 0 Å². The van der Waals surface area contributed by atoms with E-state index in [4.69, 9.17) is 0 Å². The van der Waals surface area contributed by atoms with E-state index < -0.39 is 0 Å². The van der Waals surface area contributed by atoms with E-state index in [0.717, 1.165) is 12.5 Å². The van der Waals surface area contributed by atoms with Crippen LogP contribution in [0.25, 0.3) is 0 Å². The molecule has 2 aliphatic rings. The average molecular weight is 183 g/mol. The first-order valence-electron chi connectivity index (χ1n) is 5.73. The van der Waals surface area contributed by atoms with E-state index in [1.54, 1.807) is 0 Å². The van der Waals surface area contributed by atoms with Crippen LogP contribution in [-0.2, 0) is 0 Å². The highest BCUT2D eigenvalue weighted by Gasteiger charge is 2.39. The first-order valence-corrected chi connectivity index (χ1v) is 5.73. The molecule has 0 aromatic carbocycles. The Hall–Kier alpha value is -0.0800. The van der Waals surface area contributed by atoms with Gasteiger partial charge in [0.1, 0.15) is 0 Å². The van der Waals surface area contributed by atoms with Crippen molar-refractivity contribution in [3.8, 4) is 0 Å². The van der Waals surface area contributed by atoms with Crippen LogP contribution < -0.4 is 5.32 Å². The Morgan fingerprint density at radius 2 is 1.92 bits per heavy atom. The molecular weight excluding hydrogens is 162 g/mol. The van der Waals surface area contributed by atoms with Crippen molar-refractivity contribution < 1.29 is 5.11 Å². The van der Waals surface area contributed by atoms with E-state index in [-0.39, 0.29) is 5.54 Å². The van der Waals surface area contributed by atoms with Gasteiger partial charge in [-0.1, -0.05) is 19.3 Å². The molecule has 1 aliphatic heterocycles. The summed E-state index contributed by atoms with van der Waals surface area (Å²) in [6.45, 7) is 1.45. The Morgan fingerprint density at radius 3 is 2.46 bits per heavy atom. The summed E-state index contributed by atoms with van der Waals surface area (Å²) in [4.78, 5) is 0. The van der Waals surface area contributed by atoms with Crippen molar-refractivity contribution >= 4 is 0 Å². The summed E-state index contributed by atoms with van der Waals surface area (Å²) in [6.07, 6.45) is 9.16. The second-order valence-electron chi connectivity index (χ2n) is 4.68. The molecule has 0 radical (unpaired) electrons. The van der Waals surface area contributed by atoms with Gasteiger partial charge in [0.25, 0.3) is 0 Å². The molecule has 76 valence electrons. The van der Waals surface area contributed by atoms with Crippen LogP contribution in [0.2, 0.25) is 0 Å². The molecule has 2 fully saturated rings. The van der Waals surface area contributed by atoms with Crippen LogP contribution in [0.1, 0.15) is 44.9 Å². The van der Waals surface area contributed by atoms with Crippen molar-refractivity contribution in [2.24, 2.45) is 5.92 Å². The summed E-state index contributed by atoms with van der Waals surface area (Å²) in [5.74, 6) is 0.748. The third-order valence-electron chi connectivity index (χ3n) is 3.95. The minimum atomic E-state index is 0.106. The first-order chi connectivity index (χ1) is 6.37. The third kappa shape index (κ3) is 1.75. The highest BCUT2D eigenvalue weighted by Crippen LogP contribution is 2.38. The summed E-state index contributed by atoms with van der Waals surface area (Å²) in [5.41, 5.74) is 0.106. The van der Waals surface area contributed by atoms with Crippen molar-refractivity contribution in [3.05, 3.63) is 0 Å². The number of aliphatic hydroxyl groups is 1. The van der Waals surface area contributed by atoms with E-state index in [2.05, 4.69) is 5.32 Å². The molecule has 0 aromatic heterocycles. The fraction of sp³-hybridized carbons (Fsp3) is 1.00. The smallest absolute Gasteiger partial charge is 0.0616 e. The standard InChI is InChI=1S/C11H21NO/c13-9-11(7-3-4-8-12-11)10-5-1-2-6-10/h10,12-13H,1-9H2. The molecule has 0 amide bonds. The van der Waals surface area contributed by atoms with E-state index in [1.807, 2.05) is 0 Å². The topological polar surface area (TPSA) is 32.3 Å². The zero-order chi connectivity index (χ0) is 9.15. The number of aliphatic hydroxyl groups excluding tert-OH is 1. The zero-order valence-electron chi connectivity index (χ0n) is 8.39. The Bertz CT molecular complexity index is 157. The second kappa shape index (κ2) is 3.97. The van der Waals surface area contributed by atoms with Crippen molar-refractivity contribution in [2.45, 2.75) is 50.5 Å². The summed E-state index contributed by atoms with van der Waals surface area (Å²) in [7, 11) is 0. The van der Waals surface area contributed by atoms with Gasteiger partial charge in [0.2, 0.25) is 0 Å². The van der Waals surface area contributed by atoms with Gasteiger partial charge in [0, 0.05) is 5.54 Å². The number of hydrogen-bond donors (Lipinski definition) is 2. The molecule has 2 N–H and O–H groups in total. The Labute approximate surface area is 80.7 Å². The van der Waals surface area contributed by atoms with Gasteiger partial charge in [-0.25, -0.2) is 0 Å². The summed E-state index contributed by atoms with van der Waals surface area (Å²) < 4.78 is 0. The normalized spacial score (nSPS) is 36.7. The summed E-state index contributed by atoms with van der Waals surface area (Å²) in [5, 5.41) is 13.1. The van der Waals surface area contributed by atoms with Crippen LogP contribution in [0.3, 0.4) is 0 Å². The number of hydrogen-bond acceptors (Lipinski definition) is 2. The predicted molar refractivity (Wildman–Crippen MR) is 53.6 cm³/mol. The number of piperidine rings is 1. The molecule has 0 bridgehead atoms. The highest BCUT2D eigenvalue weighted by atomic mass is 16.3. The predicted octanol–water partition coefficient (Wildman–Crippen LogP) is 1.68. The molecule has 1 saturated carbocycles. The van der Waals surface area contributed by atoms with Crippen molar-refractivity contribution in [1.82, 2.24) is 5.32 Å². The molecule has 0 spiro atoms. The highest BCUT2D eigenvalue weighted by molar-refractivity contribution is 4.97. The average Bonchev–Trinajstić information content (AvgIpc) is 2.72. The van der Waals surface area contributed by atoms with Gasteiger partial charge in [-0.2, -0.15) is 0 Å². The quantitative estimate of drug-likeness (QED) is 0.682. The van der Waals surface area contributed by atoms with Gasteiger partial charge >= 0.3 is 0 Å². The van der Waals surface area contributed by atoms with E-state index in [9.17, 15) is 5.11 Å². The molecule has 2 heteroatoms. The van der Waals surface area contributed by atoms with Gasteiger partial charge < -0.3 is 10.4 Å². The Kier molecular flexibility index (Phi) is 2.89. The molecule has 2 nitrogen and oxygen atoms in total. The maximum absolute atomic E-state index is 9.54. The van der Waals surface area contributed by atoms with Crippen molar-refractivity contribution in [2.75, 3.05) is 13.2 Å². The third-order valence-corrected chi connectivity index (χ3v) is 3.95. The molecule has 1 heterocycles. The van der Waals surface area contributed by atoms with Crippen LogP contribution in [0.15, 0.2) is 0 Å². The molecule has 1 atom stereocenters. The van der Waals surface area contributed by atoms with Crippen molar-refractivity contribution in [3.63, 3.8) is 0 Å². The van der Waals surface area contributed by atoms with Crippen molar-refractivity contribution in [1.29, 1.82) is 0 Å². The summed E-state index contributed by atoms with van der Waals surface area (Å²) in [6, 6.07) is 0. The minimum absolute atomic E-state index is 0.106. The molecular formula is C11H21NO. The van der Waals surface area contributed by atoms with Gasteiger partial charge in [-0.15, -0.1) is 0 Å².